The van der Waals surface area contributed by atoms with Gasteiger partial charge in [0.25, 0.3) is 0 Å². The van der Waals surface area contributed by atoms with Gasteiger partial charge >= 0.3 is 0 Å². The van der Waals surface area contributed by atoms with E-state index in [4.69, 9.17) is 0 Å². The van der Waals surface area contributed by atoms with Gasteiger partial charge in [0.15, 0.2) is 5.78 Å². The van der Waals surface area contributed by atoms with E-state index in [2.05, 4.69) is 11.1 Å². The first-order chi connectivity index (χ1) is 8.08. The maximum atomic E-state index is 11.4. The number of Topliss-reactive ketones (excluding diaryl/α,β-unsaturated/α-hetero) is 1. The minimum Gasteiger partial charge on any atom is -0.295 e. The lowest BCUT2D eigenvalue weighted by Crippen LogP contribution is -1.96. The van der Waals surface area contributed by atoms with Gasteiger partial charge in [-0.3, -0.25) is 9.78 Å². The molecule has 0 aliphatic rings. The number of carbonyl (C=O) groups is 1. The summed E-state index contributed by atoms with van der Waals surface area (Å²) in [5.74, 6) is 0.108. The molecule has 0 spiro atoms. The molecule has 1 heterocycles. The number of benzene rings is 1. The molecule has 2 rings (SSSR count). The zero-order valence-electron chi connectivity index (χ0n) is 10.3. The second-order valence-corrected chi connectivity index (χ2v) is 4.34. The second-order valence-electron chi connectivity index (χ2n) is 4.34. The van der Waals surface area contributed by atoms with Crippen LogP contribution in [0.15, 0.2) is 36.7 Å². The molecule has 0 unspecified atom stereocenters. The van der Waals surface area contributed by atoms with E-state index in [1.165, 1.54) is 0 Å². The summed E-state index contributed by atoms with van der Waals surface area (Å²) in [4.78, 5) is 15.5. The first-order valence-corrected chi connectivity index (χ1v) is 5.61. The molecule has 2 aromatic rings. The zero-order valence-corrected chi connectivity index (χ0v) is 10.3. The molecule has 0 atom stereocenters. The van der Waals surface area contributed by atoms with E-state index >= 15 is 0 Å². The highest BCUT2D eigenvalue weighted by Gasteiger charge is 2.05. The summed E-state index contributed by atoms with van der Waals surface area (Å²) in [6.45, 7) is 5.58. The summed E-state index contributed by atoms with van der Waals surface area (Å²) in [5.41, 5.74) is 5.12. The van der Waals surface area contributed by atoms with Crippen molar-refractivity contribution in [3.8, 4) is 11.1 Å². The lowest BCUT2D eigenvalue weighted by atomic mass is 9.99. The van der Waals surface area contributed by atoms with Crippen molar-refractivity contribution in [3.05, 3.63) is 53.3 Å². The fraction of sp³-hybridized carbons (Fsp3) is 0.200. The topological polar surface area (TPSA) is 30.0 Å². The average Bonchev–Trinajstić information content (AvgIpc) is 2.28. The van der Waals surface area contributed by atoms with Gasteiger partial charge in [0.2, 0.25) is 0 Å². The van der Waals surface area contributed by atoms with Gasteiger partial charge in [-0.1, -0.05) is 18.2 Å². The predicted molar refractivity (Wildman–Crippen MR) is 69.2 cm³/mol. The molecule has 0 fully saturated rings. The number of hydrogen-bond donors (Lipinski definition) is 0. The van der Waals surface area contributed by atoms with E-state index in [-0.39, 0.29) is 5.78 Å². The SMILES string of the molecule is CC(=O)c1ccc(-c2cncc(C)c2)cc1C. The third-order valence-corrected chi connectivity index (χ3v) is 2.81. The van der Waals surface area contributed by atoms with Crippen molar-refractivity contribution in [2.75, 3.05) is 0 Å². The summed E-state index contributed by atoms with van der Waals surface area (Å²) < 4.78 is 0. The van der Waals surface area contributed by atoms with E-state index in [1.807, 2.05) is 44.4 Å². The third kappa shape index (κ3) is 2.41. The number of ketones is 1. The van der Waals surface area contributed by atoms with Crippen LogP contribution in [0.1, 0.15) is 28.4 Å². The second kappa shape index (κ2) is 4.50. The Morgan fingerprint density at radius 3 is 2.41 bits per heavy atom. The summed E-state index contributed by atoms with van der Waals surface area (Å²) in [6, 6.07) is 7.98. The Morgan fingerprint density at radius 1 is 1.06 bits per heavy atom. The summed E-state index contributed by atoms with van der Waals surface area (Å²) >= 11 is 0. The highest BCUT2D eigenvalue weighted by molar-refractivity contribution is 5.96. The van der Waals surface area contributed by atoms with Gasteiger partial charge in [-0.25, -0.2) is 0 Å². The quantitative estimate of drug-likeness (QED) is 0.731. The first-order valence-electron chi connectivity index (χ1n) is 5.61. The monoisotopic (exact) mass is 225 g/mol. The zero-order chi connectivity index (χ0) is 12.4. The van der Waals surface area contributed by atoms with Gasteiger partial charge in [-0.2, -0.15) is 0 Å². The molecule has 0 saturated carbocycles. The number of nitrogens with zero attached hydrogens (tertiary/aromatic N) is 1. The fourth-order valence-corrected chi connectivity index (χ4v) is 1.95. The van der Waals surface area contributed by atoms with E-state index in [9.17, 15) is 4.79 Å². The van der Waals surface area contributed by atoms with Crippen molar-refractivity contribution in [1.82, 2.24) is 4.98 Å². The minimum atomic E-state index is 0.108. The van der Waals surface area contributed by atoms with Gasteiger partial charge in [0, 0.05) is 23.5 Å². The molecule has 0 radical (unpaired) electrons. The Balaban J connectivity index is 2.48. The Hall–Kier alpha value is -1.96. The van der Waals surface area contributed by atoms with Crippen LogP contribution in [0.3, 0.4) is 0 Å². The highest BCUT2D eigenvalue weighted by Crippen LogP contribution is 2.22. The fourth-order valence-electron chi connectivity index (χ4n) is 1.95. The molecule has 0 aliphatic carbocycles. The minimum absolute atomic E-state index is 0.108. The Morgan fingerprint density at radius 2 is 1.82 bits per heavy atom. The van der Waals surface area contributed by atoms with Crippen LogP contribution >= 0.6 is 0 Å². The maximum absolute atomic E-state index is 11.4. The van der Waals surface area contributed by atoms with Gasteiger partial charge < -0.3 is 0 Å². The number of hydrogen-bond acceptors (Lipinski definition) is 2. The van der Waals surface area contributed by atoms with Gasteiger partial charge in [-0.15, -0.1) is 0 Å². The molecule has 2 nitrogen and oxygen atoms in total. The number of rotatable bonds is 2. The molecule has 0 saturated heterocycles. The van der Waals surface area contributed by atoms with Crippen LogP contribution in [-0.2, 0) is 0 Å². The van der Waals surface area contributed by atoms with E-state index < -0.39 is 0 Å². The van der Waals surface area contributed by atoms with Gasteiger partial charge in [0.05, 0.1) is 0 Å². The van der Waals surface area contributed by atoms with Crippen molar-refractivity contribution in [1.29, 1.82) is 0 Å². The third-order valence-electron chi connectivity index (χ3n) is 2.81. The van der Waals surface area contributed by atoms with Gasteiger partial charge in [-0.05, 0) is 43.5 Å². The van der Waals surface area contributed by atoms with Crippen LogP contribution in [0, 0.1) is 13.8 Å². The molecule has 2 heteroatoms. The Kier molecular flexibility index (Phi) is 3.05. The smallest absolute Gasteiger partial charge is 0.160 e. The molecular weight excluding hydrogens is 210 g/mol. The van der Waals surface area contributed by atoms with Crippen molar-refractivity contribution in [3.63, 3.8) is 0 Å². The lowest BCUT2D eigenvalue weighted by Gasteiger charge is -2.06. The average molecular weight is 225 g/mol. The molecule has 0 amide bonds. The molecule has 1 aromatic carbocycles. The maximum Gasteiger partial charge on any atom is 0.160 e. The predicted octanol–water partition coefficient (Wildman–Crippen LogP) is 3.57. The Labute approximate surface area is 101 Å². The number of pyridine rings is 1. The van der Waals surface area contributed by atoms with Crippen LogP contribution in [-0.4, -0.2) is 10.8 Å². The molecule has 86 valence electrons. The lowest BCUT2D eigenvalue weighted by molar-refractivity contribution is 0.101. The van der Waals surface area contributed by atoms with Crippen molar-refractivity contribution in [2.45, 2.75) is 20.8 Å². The summed E-state index contributed by atoms with van der Waals surface area (Å²) in [5, 5.41) is 0. The van der Waals surface area contributed by atoms with Crippen LogP contribution in [0.25, 0.3) is 11.1 Å². The summed E-state index contributed by atoms with van der Waals surface area (Å²) in [7, 11) is 0. The van der Waals surface area contributed by atoms with Crippen LogP contribution in [0.2, 0.25) is 0 Å². The van der Waals surface area contributed by atoms with Crippen molar-refractivity contribution >= 4 is 5.78 Å². The summed E-state index contributed by atoms with van der Waals surface area (Å²) in [6.07, 6.45) is 3.68. The highest BCUT2D eigenvalue weighted by atomic mass is 16.1. The number of carbonyl (C=O) groups excluding carboxylic acids is 1. The van der Waals surface area contributed by atoms with E-state index in [1.54, 1.807) is 6.92 Å². The Bertz CT molecular complexity index is 573. The molecule has 0 bridgehead atoms. The normalized spacial score (nSPS) is 10.3. The largest absolute Gasteiger partial charge is 0.295 e. The molecule has 0 N–H and O–H groups in total. The number of aryl methyl sites for hydroxylation is 2. The number of aromatic nitrogens is 1. The van der Waals surface area contributed by atoms with E-state index in [0.717, 1.165) is 27.8 Å². The standard InChI is InChI=1S/C15H15NO/c1-10-6-14(9-16-8-10)13-4-5-15(12(3)17)11(2)7-13/h4-9H,1-3H3. The van der Waals surface area contributed by atoms with Crippen LogP contribution in [0.5, 0.6) is 0 Å². The van der Waals surface area contributed by atoms with Crippen LogP contribution in [0.4, 0.5) is 0 Å². The first kappa shape index (κ1) is 11.5. The molecule has 17 heavy (non-hydrogen) atoms. The van der Waals surface area contributed by atoms with E-state index in [0.29, 0.717) is 0 Å². The molecule has 0 aliphatic heterocycles. The molecular formula is C15H15NO. The van der Waals surface area contributed by atoms with Crippen molar-refractivity contribution in [2.24, 2.45) is 0 Å². The van der Waals surface area contributed by atoms with Gasteiger partial charge in [0.1, 0.15) is 0 Å². The van der Waals surface area contributed by atoms with Crippen molar-refractivity contribution < 1.29 is 4.79 Å². The van der Waals surface area contributed by atoms with Crippen LogP contribution < -0.4 is 0 Å². The molecule has 1 aromatic heterocycles.